The van der Waals surface area contributed by atoms with Gasteiger partial charge in [-0.3, -0.25) is 4.98 Å². The summed E-state index contributed by atoms with van der Waals surface area (Å²) in [6.07, 6.45) is 3.29. The Labute approximate surface area is 75.7 Å². The van der Waals surface area contributed by atoms with Crippen molar-refractivity contribution in [3.8, 4) is 0 Å². The zero-order chi connectivity index (χ0) is 9.68. The highest BCUT2D eigenvalue weighted by molar-refractivity contribution is 5.20. The molecule has 0 saturated carbocycles. The SMILES string of the molecule is Cc1cncc(C(CO)N=[N+]=[N-])c1. The number of aliphatic hydroxyl groups excluding tert-OH is 1. The number of azide groups is 1. The van der Waals surface area contributed by atoms with Gasteiger partial charge in [-0.2, -0.15) is 0 Å². The van der Waals surface area contributed by atoms with E-state index in [0.29, 0.717) is 0 Å². The molecule has 0 bridgehead atoms. The first kappa shape index (κ1) is 9.51. The van der Waals surface area contributed by atoms with Gasteiger partial charge in [0.25, 0.3) is 0 Å². The van der Waals surface area contributed by atoms with Gasteiger partial charge in [-0.25, -0.2) is 0 Å². The molecule has 0 amide bonds. The molecule has 0 radical (unpaired) electrons. The molecule has 1 aromatic heterocycles. The predicted octanol–water partition coefficient (Wildman–Crippen LogP) is 1.73. The van der Waals surface area contributed by atoms with E-state index < -0.39 is 6.04 Å². The molecule has 0 aromatic carbocycles. The molecule has 1 unspecified atom stereocenters. The van der Waals surface area contributed by atoms with Crippen molar-refractivity contribution >= 4 is 0 Å². The molecule has 0 aliphatic carbocycles. The molecule has 0 spiro atoms. The second-order valence-electron chi connectivity index (χ2n) is 2.70. The quantitative estimate of drug-likeness (QED) is 0.434. The normalized spacial score (nSPS) is 11.8. The fourth-order valence-electron chi connectivity index (χ4n) is 1.03. The standard InChI is InChI=1S/C8H10N4O/c1-6-2-7(4-10-3-6)8(5-13)11-12-9/h2-4,8,13H,5H2,1H3. The number of aliphatic hydroxyl groups is 1. The fraction of sp³-hybridized carbons (Fsp3) is 0.375. The van der Waals surface area contributed by atoms with Crippen molar-refractivity contribution in [2.45, 2.75) is 13.0 Å². The third kappa shape index (κ3) is 2.43. The highest BCUT2D eigenvalue weighted by atomic mass is 16.3. The molecule has 1 aromatic rings. The third-order valence-electron chi connectivity index (χ3n) is 1.64. The first-order chi connectivity index (χ1) is 6.27. The lowest BCUT2D eigenvalue weighted by atomic mass is 10.1. The van der Waals surface area contributed by atoms with E-state index >= 15 is 0 Å². The van der Waals surface area contributed by atoms with Crippen molar-refractivity contribution in [1.82, 2.24) is 4.98 Å². The molecule has 0 saturated heterocycles. The molecule has 1 heterocycles. The minimum absolute atomic E-state index is 0.199. The van der Waals surface area contributed by atoms with Crippen LogP contribution in [0.25, 0.3) is 10.4 Å². The molecule has 1 atom stereocenters. The lowest BCUT2D eigenvalue weighted by Crippen LogP contribution is -2.00. The fourth-order valence-corrected chi connectivity index (χ4v) is 1.03. The van der Waals surface area contributed by atoms with E-state index in [4.69, 9.17) is 10.6 Å². The predicted molar refractivity (Wildman–Crippen MR) is 47.9 cm³/mol. The number of hydrogen-bond acceptors (Lipinski definition) is 3. The molecule has 1 rings (SSSR count). The summed E-state index contributed by atoms with van der Waals surface area (Å²) < 4.78 is 0. The molecule has 5 nitrogen and oxygen atoms in total. The summed E-state index contributed by atoms with van der Waals surface area (Å²) in [5.41, 5.74) is 9.94. The van der Waals surface area contributed by atoms with Gasteiger partial charge < -0.3 is 5.11 Å². The Hall–Kier alpha value is -1.58. The Bertz CT molecular complexity index is 333. The van der Waals surface area contributed by atoms with E-state index in [2.05, 4.69) is 15.0 Å². The highest BCUT2D eigenvalue weighted by Crippen LogP contribution is 2.16. The second kappa shape index (κ2) is 4.45. The molecule has 5 heteroatoms. The second-order valence-corrected chi connectivity index (χ2v) is 2.70. The Kier molecular flexibility index (Phi) is 3.25. The topological polar surface area (TPSA) is 81.9 Å². The number of aryl methyl sites for hydroxylation is 1. The van der Waals surface area contributed by atoms with Gasteiger partial charge in [0, 0.05) is 17.3 Å². The van der Waals surface area contributed by atoms with Gasteiger partial charge in [-0.05, 0) is 23.6 Å². The van der Waals surface area contributed by atoms with Crippen molar-refractivity contribution in [2.24, 2.45) is 5.11 Å². The summed E-state index contributed by atoms with van der Waals surface area (Å²) in [5.74, 6) is 0. The number of hydrogen-bond donors (Lipinski definition) is 1. The molecule has 68 valence electrons. The minimum atomic E-state index is -0.530. The van der Waals surface area contributed by atoms with Crippen LogP contribution < -0.4 is 0 Å². The van der Waals surface area contributed by atoms with Crippen LogP contribution in [0, 0.1) is 6.92 Å². The van der Waals surface area contributed by atoms with Crippen LogP contribution in [0.1, 0.15) is 17.2 Å². The van der Waals surface area contributed by atoms with Crippen molar-refractivity contribution in [2.75, 3.05) is 6.61 Å². The van der Waals surface area contributed by atoms with Gasteiger partial charge in [0.15, 0.2) is 0 Å². The molecule has 0 aliphatic rings. The maximum Gasteiger partial charge on any atom is 0.0871 e. The highest BCUT2D eigenvalue weighted by Gasteiger charge is 2.07. The van der Waals surface area contributed by atoms with Crippen LogP contribution in [0.15, 0.2) is 23.6 Å². The minimum Gasteiger partial charge on any atom is -0.396 e. The van der Waals surface area contributed by atoms with E-state index in [-0.39, 0.29) is 6.61 Å². The number of nitrogens with zero attached hydrogens (tertiary/aromatic N) is 4. The smallest absolute Gasteiger partial charge is 0.0871 e. The van der Waals surface area contributed by atoms with Gasteiger partial charge in [0.2, 0.25) is 0 Å². The summed E-state index contributed by atoms with van der Waals surface area (Å²) in [4.78, 5) is 6.59. The number of pyridine rings is 1. The van der Waals surface area contributed by atoms with Crippen LogP contribution in [0.3, 0.4) is 0 Å². The van der Waals surface area contributed by atoms with Crippen LogP contribution >= 0.6 is 0 Å². The maximum atomic E-state index is 8.91. The lowest BCUT2D eigenvalue weighted by Gasteiger charge is -2.07. The molecular formula is C8H10N4O. The van der Waals surface area contributed by atoms with Gasteiger partial charge in [0.05, 0.1) is 12.6 Å². The van der Waals surface area contributed by atoms with E-state index in [0.717, 1.165) is 11.1 Å². The first-order valence-corrected chi connectivity index (χ1v) is 3.84. The van der Waals surface area contributed by atoms with Crippen molar-refractivity contribution in [1.29, 1.82) is 0 Å². The van der Waals surface area contributed by atoms with Gasteiger partial charge in [-0.15, -0.1) is 0 Å². The lowest BCUT2D eigenvalue weighted by molar-refractivity contribution is 0.267. The average Bonchev–Trinajstić information content (AvgIpc) is 2.14. The Morgan fingerprint density at radius 1 is 1.69 bits per heavy atom. The molecule has 1 N–H and O–H groups in total. The van der Waals surface area contributed by atoms with Crippen LogP contribution in [-0.2, 0) is 0 Å². The van der Waals surface area contributed by atoms with Gasteiger partial charge in [0.1, 0.15) is 0 Å². The van der Waals surface area contributed by atoms with Crippen LogP contribution in [-0.4, -0.2) is 16.7 Å². The average molecular weight is 178 g/mol. The third-order valence-corrected chi connectivity index (χ3v) is 1.64. The number of aromatic nitrogens is 1. The summed E-state index contributed by atoms with van der Waals surface area (Å²) in [6, 6.07) is 1.31. The van der Waals surface area contributed by atoms with Gasteiger partial charge in [-0.1, -0.05) is 11.2 Å². The van der Waals surface area contributed by atoms with E-state index in [1.807, 2.05) is 13.0 Å². The molecular weight excluding hydrogens is 168 g/mol. The summed E-state index contributed by atoms with van der Waals surface area (Å²) >= 11 is 0. The van der Waals surface area contributed by atoms with Crippen molar-refractivity contribution in [3.63, 3.8) is 0 Å². The van der Waals surface area contributed by atoms with Crippen LogP contribution in [0.4, 0.5) is 0 Å². The Morgan fingerprint density at radius 3 is 3.00 bits per heavy atom. The molecule has 0 fully saturated rings. The summed E-state index contributed by atoms with van der Waals surface area (Å²) in [6.45, 7) is 1.69. The Morgan fingerprint density at radius 2 is 2.46 bits per heavy atom. The van der Waals surface area contributed by atoms with E-state index in [9.17, 15) is 0 Å². The van der Waals surface area contributed by atoms with Crippen LogP contribution in [0.5, 0.6) is 0 Å². The monoisotopic (exact) mass is 178 g/mol. The van der Waals surface area contributed by atoms with Crippen molar-refractivity contribution in [3.05, 3.63) is 40.0 Å². The zero-order valence-electron chi connectivity index (χ0n) is 7.25. The summed E-state index contributed by atoms with van der Waals surface area (Å²) in [7, 11) is 0. The van der Waals surface area contributed by atoms with E-state index in [1.54, 1.807) is 12.4 Å². The zero-order valence-corrected chi connectivity index (χ0v) is 7.25. The Balaban J connectivity index is 2.97. The van der Waals surface area contributed by atoms with Crippen LogP contribution in [0.2, 0.25) is 0 Å². The summed E-state index contributed by atoms with van der Waals surface area (Å²) in [5, 5.41) is 12.4. The molecule has 0 aliphatic heterocycles. The maximum absolute atomic E-state index is 8.91. The first-order valence-electron chi connectivity index (χ1n) is 3.84. The van der Waals surface area contributed by atoms with E-state index in [1.165, 1.54) is 0 Å². The van der Waals surface area contributed by atoms with Crippen molar-refractivity contribution < 1.29 is 5.11 Å². The molecule has 13 heavy (non-hydrogen) atoms. The van der Waals surface area contributed by atoms with Gasteiger partial charge >= 0.3 is 0 Å². The number of rotatable bonds is 3. The largest absolute Gasteiger partial charge is 0.396 e.